The summed E-state index contributed by atoms with van der Waals surface area (Å²) in [5.74, 6) is 0. The Morgan fingerprint density at radius 3 is 2.71 bits per heavy atom. The highest BCUT2D eigenvalue weighted by atomic mass is 35.5. The van der Waals surface area contributed by atoms with Crippen LogP contribution in [0.3, 0.4) is 0 Å². The van der Waals surface area contributed by atoms with Gasteiger partial charge in [0.05, 0.1) is 0 Å². The minimum atomic E-state index is 0.0532. The molecule has 0 bridgehead atoms. The summed E-state index contributed by atoms with van der Waals surface area (Å²) in [4.78, 5) is 0. The molecule has 0 aromatic heterocycles. The van der Waals surface area contributed by atoms with E-state index in [4.69, 9.17) is 11.6 Å². The van der Waals surface area contributed by atoms with E-state index in [0.29, 0.717) is 0 Å². The molecule has 1 nitrogen and oxygen atoms in total. The molecule has 0 aromatic carbocycles. The van der Waals surface area contributed by atoms with E-state index in [1.807, 2.05) is 6.92 Å². The number of halogens is 1. The number of hydrogen-bond acceptors (Lipinski definition) is 1. The van der Waals surface area contributed by atoms with Gasteiger partial charge in [0.25, 0.3) is 0 Å². The number of nitrogens with one attached hydrogen (secondary N) is 1. The van der Waals surface area contributed by atoms with Gasteiger partial charge in [-0.25, -0.2) is 0 Å². The zero-order valence-electron chi connectivity index (χ0n) is 4.45. The molecule has 0 heterocycles. The van der Waals surface area contributed by atoms with Gasteiger partial charge in [0.1, 0.15) is 5.50 Å². The Balaban J connectivity index is 2.98. The predicted molar refractivity (Wildman–Crippen MR) is 33.3 cm³/mol. The Labute approximate surface area is 49.4 Å². The van der Waals surface area contributed by atoms with Gasteiger partial charge in [-0.1, -0.05) is 25.1 Å². The lowest BCUT2D eigenvalue weighted by molar-refractivity contribution is 0.742. The molecule has 42 valence electrons. The summed E-state index contributed by atoms with van der Waals surface area (Å²) in [7, 11) is 0. The van der Waals surface area contributed by atoms with Crippen LogP contribution in [0, 0.1) is 0 Å². The van der Waals surface area contributed by atoms with E-state index in [1.165, 1.54) is 0 Å². The van der Waals surface area contributed by atoms with Crippen LogP contribution in [0.2, 0.25) is 0 Å². The van der Waals surface area contributed by atoms with Gasteiger partial charge in [0.15, 0.2) is 0 Å². The van der Waals surface area contributed by atoms with Gasteiger partial charge in [-0.05, 0) is 12.6 Å². The Bertz CT molecular complexity index is 54.0. The van der Waals surface area contributed by atoms with Crippen LogP contribution in [0.5, 0.6) is 0 Å². The first-order chi connectivity index (χ1) is 3.31. The largest absolute Gasteiger partial charge is 0.376 e. The van der Waals surface area contributed by atoms with Crippen molar-refractivity contribution in [1.82, 2.24) is 5.32 Å². The van der Waals surface area contributed by atoms with E-state index in [1.54, 1.807) is 6.20 Å². The van der Waals surface area contributed by atoms with E-state index in [-0.39, 0.29) is 5.50 Å². The molecule has 0 spiro atoms. The third-order valence-electron chi connectivity index (χ3n) is 0.657. The van der Waals surface area contributed by atoms with Crippen LogP contribution in [-0.4, -0.2) is 5.50 Å². The van der Waals surface area contributed by atoms with Crippen LogP contribution in [-0.2, 0) is 0 Å². The molecule has 1 atom stereocenters. The summed E-state index contributed by atoms with van der Waals surface area (Å²) in [5.41, 5.74) is 0.0532. The fourth-order valence-corrected chi connectivity index (χ4v) is 0.335. The first kappa shape index (κ1) is 6.83. The average Bonchev–Trinajstić information content (AvgIpc) is 1.68. The van der Waals surface area contributed by atoms with Crippen LogP contribution in [0.15, 0.2) is 12.8 Å². The van der Waals surface area contributed by atoms with Crippen molar-refractivity contribution in [2.45, 2.75) is 18.8 Å². The van der Waals surface area contributed by atoms with Crippen molar-refractivity contribution in [2.24, 2.45) is 0 Å². The molecule has 0 saturated heterocycles. The van der Waals surface area contributed by atoms with E-state index < -0.39 is 0 Å². The maximum atomic E-state index is 5.58. The van der Waals surface area contributed by atoms with Crippen LogP contribution >= 0.6 is 11.6 Å². The number of hydrogen-bond donors (Lipinski definition) is 1. The van der Waals surface area contributed by atoms with Crippen molar-refractivity contribution < 1.29 is 0 Å². The van der Waals surface area contributed by atoms with Crippen LogP contribution in [0.4, 0.5) is 0 Å². The third kappa shape index (κ3) is 3.67. The molecule has 0 fully saturated rings. The van der Waals surface area contributed by atoms with Gasteiger partial charge >= 0.3 is 0 Å². The zero-order valence-corrected chi connectivity index (χ0v) is 5.20. The lowest BCUT2D eigenvalue weighted by atomic mass is 10.5. The van der Waals surface area contributed by atoms with E-state index in [9.17, 15) is 0 Å². The van der Waals surface area contributed by atoms with Crippen LogP contribution < -0.4 is 5.32 Å². The molecule has 0 rings (SSSR count). The van der Waals surface area contributed by atoms with Crippen LogP contribution in [0.25, 0.3) is 0 Å². The Kier molecular flexibility index (Phi) is 3.90. The summed E-state index contributed by atoms with van der Waals surface area (Å²) < 4.78 is 0. The van der Waals surface area contributed by atoms with Gasteiger partial charge < -0.3 is 5.32 Å². The fourth-order valence-electron chi connectivity index (χ4n) is 0.246. The Hall–Kier alpha value is -0.170. The predicted octanol–water partition coefficient (Wildman–Crippen LogP) is 1.69. The lowest BCUT2D eigenvalue weighted by Gasteiger charge is -2.02. The molecule has 7 heavy (non-hydrogen) atoms. The molecular weight excluding hydrogens is 110 g/mol. The van der Waals surface area contributed by atoms with Crippen molar-refractivity contribution in [2.75, 3.05) is 0 Å². The molecule has 0 saturated carbocycles. The van der Waals surface area contributed by atoms with Gasteiger partial charge in [-0.2, -0.15) is 0 Å². The molecule has 0 radical (unpaired) electrons. The monoisotopic (exact) mass is 119 g/mol. The highest BCUT2D eigenvalue weighted by molar-refractivity contribution is 6.20. The van der Waals surface area contributed by atoms with Gasteiger partial charge in [0.2, 0.25) is 0 Å². The van der Waals surface area contributed by atoms with E-state index >= 15 is 0 Å². The maximum Gasteiger partial charge on any atom is 0.101 e. The van der Waals surface area contributed by atoms with Crippen molar-refractivity contribution in [3.63, 3.8) is 0 Å². The smallest absolute Gasteiger partial charge is 0.101 e. The number of rotatable bonds is 3. The molecule has 0 aliphatic carbocycles. The highest BCUT2D eigenvalue weighted by Gasteiger charge is 1.91. The van der Waals surface area contributed by atoms with Crippen LogP contribution in [0.1, 0.15) is 13.3 Å². The molecule has 0 amide bonds. The highest BCUT2D eigenvalue weighted by Crippen LogP contribution is 1.93. The summed E-state index contributed by atoms with van der Waals surface area (Å²) in [6.45, 7) is 5.46. The normalized spacial score (nSPS) is 12.9. The third-order valence-corrected chi connectivity index (χ3v) is 1.09. The van der Waals surface area contributed by atoms with Crippen molar-refractivity contribution in [3.8, 4) is 0 Å². The van der Waals surface area contributed by atoms with Gasteiger partial charge in [-0.15, -0.1) is 0 Å². The Morgan fingerprint density at radius 1 is 2.00 bits per heavy atom. The van der Waals surface area contributed by atoms with Crippen molar-refractivity contribution >= 4 is 11.6 Å². The molecule has 0 aliphatic heterocycles. The molecule has 1 unspecified atom stereocenters. The first-order valence-corrected chi connectivity index (χ1v) is 2.76. The second-order valence-corrected chi connectivity index (χ2v) is 1.77. The summed E-state index contributed by atoms with van der Waals surface area (Å²) in [5, 5.41) is 2.82. The van der Waals surface area contributed by atoms with Gasteiger partial charge in [-0.3, -0.25) is 0 Å². The minimum Gasteiger partial charge on any atom is -0.376 e. The average molecular weight is 120 g/mol. The molecule has 1 N–H and O–H groups in total. The minimum absolute atomic E-state index is 0.0532. The van der Waals surface area contributed by atoms with Crippen molar-refractivity contribution in [3.05, 3.63) is 12.8 Å². The maximum absolute atomic E-state index is 5.58. The quantitative estimate of drug-likeness (QED) is 0.441. The SMILES string of the molecule is C=CNC(Cl)CC. The Morgan fingerprint density at radius 2 is 2.57 bits per heavy atom. The second-order valence-electron chi connectivity index (χ2n) is 1.25. The summed E-state index contributed by atoms with van der Waals surface area (Å²) >= 11 is 5.58. The molecule has 0 aromatic rings. The molecule has 2 heteroatoms. The standard InChI is InChI=1S/C5H10ClN/c1-3-5(6)7-4-2/h4-5,7H,2-3H2,1H3. The summed E-state index contributed by atoms with van der Waals surface area (Å²) in [6.07, 6.45) is 2.52. The number of alkyl halides is 1. The first-order valence-electron chi connectivity index (χ1n) is 2.32. The topological polar surface area (TPSA) is 12.0 Å². The fraction of sp³-hybridized carbons (Fsp3) is 0.600. The molecular formula is C5H10ClN. The zero-order chi connectivity index (χ0) is 5.70. The lowest BCUT2D eigenvalue weighted by Crippen LogP contribution is -2.14. The van der Waals surface area contributed by atoms with E-state index in [2.05, 4.69) is 11.9 Å². The van der Waals surface area contributed by atoms with Crippen molar-refractivity contribution in [1.29, 1.82) is 0 Å². The van der Waals surface area contributed by atoms with Gasteiger partial charge in [0, 0.05) is 0 Å². The van der Waals surface area contributed by atoms with E-state index in [0.717, 1.165) is 6.42 Å². The summed E-state index contributed by atoms with van der Waals surface area (Å²) in [6, 6.07) is 0. The second kappa shape index (κ2) is 4.00. The molecule has 0 aliphatic rings.